The van der Waals surface area contributed by atoms with Gasteiger partial charge in [0.05, 0.1) is 20.2 Å². The Kier molecular flexibility index (Phi) is 5.29. The summed E-state index contributed by atoms with van der Waals surface area (Å²) < 4.78 is 11.5. The predicted molar refractivity (Wildman–Crippen MR) is 101 cm³/mol. The van der Waals surface area contributed by atoms with Gasteiger partial charge in [-0.3, -0.25) is 4.79 Å². The van der Waals surface area contributed by atoms with Gasteiger partial charge in [-0.25, -0.2) is 0 Å². The summed E-state index contributed by atoms with van der Waals surface area (Å²) in [6, 6.07) is 17.2. The zero-order chi connectivity index (χ0) is 19.3. The van der Waals surface area contributed by atoms with Crippen LogP contribution in [0.3, 0.4) is 0 Å². The Morgan fingerprint density at radius 1 is 1.18 bits per heavy atom. The second-order valence-electron chi connectivity index (χ2n) is 6.53. The van der Waals surface area contributed by atoms with Crippen LogP contribution >= 0.6 is 0 Å². The van der Waals surface area contributed by atoms with E-state index in [4.69, 9.17) is 9.47 Å². The summed E-state index contributed by atoms with van der Waals surface area (Å²) in [7, 11) is 1.72. The van der Waals surface area contributed by atoms with Crippen molar-refractivity contribution in [2.24, 2.45) is 7.05 Å². The Bertz CT molecular complexity index is 927. The smallest absolute Gasteiger partial charge is 0.260 e. The topological polar surface area (TPSA) is 82.4 Å². The molecule has 0 aliphatic carbocycles. The Morgan fingerprint density at radius 2 is 1.96 bits per heavy atom. The Balaban J connectivity index is 1.32. The highest BCUT2D eigenvalue weighted by atomic mass is 16.5. The molecule has 28 heavy (non-hydrogen) atoms. The van der Waals surface area contributed by atoms with Gasteiger partial charge in [0.1, 0.15) is 11.9 Å². The van der Waals surface area contributed by atoms with Gasteiger partial charge in [-0.15, -0.1) is 10.2 Å². The van der Waals surface area contributed by atoms with Gasteiger partial charge in [0.25, 0.3) is 5.91 Å². The fourth-order valence-electron chi connectivity index (χ4n) is 3.08. The van der Waals surface area contributed by atoms with E-state index in [1.165, 1.54) is 4.80 Å². The van der Waals surface area contributed by atoms with E-state index in [1.54, 1.807) is 24.1 Å². The molecule has 2 heterocycles. The summed E-state index contributed by atoms with van der Waals surface area (Å²) in [6.07, 6.45) is -0.0994. The second-order valence-corrected chi connectivity index (χ2v) is 6.53. The average Bonchev–Trinajstić information content (AvgIpc) is 3.19. The minimum absolute atomic E-state index is 0.00967. The number of hydrogen-bond acceptors (Lipinski definition) is 6. The highest BCUT2D eigenvalue weighted by Crippen LogP contribution is 2.22. The lowest BCUT2D eigenvalue weighted by molar-refractivity contribution is -0.141. The maximum Gasteiger partial charge on any atom is 0.260 e. The summed E-state index contributed by atoms with van der Waals surface area (Å²) in [5, 5.41) is 11.9. The van der Waals surface area contributed by atoms with Crippen LogP contribution < -0.4 is 4.74 Å². The normalized spacial score (nSPS) is 16.8. The molecule has 8 heteroatoms. The van der Waals surface area contributed by atoms with Crippen molar-refractivity contribution in [2.75, 3.05) is 26.3 Å². The van der Waals surface area contributed by atoms with Crippen molar-refractivity contribution in [3.05, 3.63) is 60.2 Å². The number of morpholine rings is 1. The van der Waals surface area contributed by atoms with Crippen molar-refractivity contribution in [1.29, 1.82) is 0 Å². The van der Waals surface area contributed by atoms with E-state index in [0.717, 1.165) is 11.1 Å². The molecule has 1 fully saturated rings. The van der Waals surface area contributed by atoms with E-state index >= 15 is 0 Å². The molecule has 1 aliphatic rings. The number of ether oxygens (including phenoxy) is 2. The summed E-state index contributed by atoms with van der Waals surface area (Å²) >= 11 is 0. The Labute approximate surface area is 162 Å². The first-order valence-electron chi connectivity index (χ1n) is 9.10. The van der Waals surface area contributed by atoms with Crippen LogP contribution in [0.5, 0.6) is 5.75 Å². The Hall–Kier alpha value is -3.26. The zero-order valence-electron chi connectivity index (χ0n) is 15.6. The number of aromatic nitrogens is 4. The van der Waals surface area contributed by atoms with E-state index in [2.05, 4.69) is 15.4 Å². The molecule has 4 rings (SSSR count). The van der Waals surface area contributed by atoms with E-state index in [-0.39, 0.29) is 18.6 Å². The first-order valence-corrected chi connectivity index (χ1v) is 9.10. The molecule has 1 saturated heterocycles. The third kappa shape index (κ3) is 4.17. The molecule has 144 valence electrons. The van der Waals surface area contributed by atoms with E-state index in [9.17, 15) is 4.79 Å². The lowest BCUT2D eigenvalue weighted by Crippen LogP contribution is -2.44. The molecule has 0 unspecified atom stereocenters. The monoisotopic (exact) mass is 379 g/mol. The largest absolute Gasteiger partial charge is 0.484 e. The average molecular weight is 379 g/mol. The van der Waals surface area contributed by atoms with Crippen LogP contribution in [-0.4, -0.2) is 57.3 Å². The molecule has 1 aliphatic heterocycles. The van der Waals surface area contributed by atoms with Gasteiger partial charge in [0, 0.05) is 12.1 Å². The highest BCUT2D eigenvalue weighted by molar-refractivity contribution is 5.78. The molecule has 0 radical (unpaired) electrons. The third-order valence-corrected chi connectivity index (χ3v) is 4.57. The zero-order valence-corrected chi connectivity index (χ0v) is 15.6. The number of carbonyl (C=O) groups is 1. The molecule has 2 aromatic carbocycles. The molecule has 0 saturated carbocycles. The number of nitrogens with zero attached hydrogens (tertiary/aromatic N) is 5. The van der Waals surface area contributed by atoms with Crippen LogP contribution in [0.25, 0.3) is 11.4 Å². The number of amides is 1. The molecule has 0 spiro atoms. The molecular formula is C20H21N5O3. The van der Waals surface area contributed by atoms with Crippen molar-refractivity contribution in [3.63, 3.8) is 0 Å². The number of benzene rings is 2. The fourth-order valence-corrected chi connectivity index (χ4v) is 3.08. The van der Waals surface area contributed by atoms with Crippen molar-refractivity contribution < 1.29 is 14.3 Å². The first kappa shape index (κ1) is 18.1. The summed E-state index contributed by atoms with van der Waals surface area (Å²) in [4.78, 5) is 15.8. The number of tetrazole rings is 1. The van der Waals surface area contributed by atoms with Crippen molar-refractivity contribution in [2.45, 2.75) is 6.10 Å². The fraction of sp³-hybridized carbons (Fsp3) is 0.300. The first-order chi connectivity index (χ1) is 13.7. The molecule has 1 atom stereocenters. The molecule has 1 amide bonds. The van der Waals surface area contributed by atoms with Crippen LogP contribution in [0.15, 0.2) is 54.6 Å². The predicted octanol–water partition coefficient (Wildman–Crippen LogP) is 1.86. The van der Waals surface area contributed by atoms with Crippen LogP contribution in [0.2, 0.25) is 0 Å². The van der Waals surface area contributed by atoms with Crippen molar-refractivity contribution in [3.8, 4) is 17.1 Å². The quantitative estimate of drug-likeness (QED) is 0.673. The van der Waals surface area contributed by atoms with Gasteiger partial charge < -0.3 is 14.4 Å². The molecule has 1 aromatic heterocycles. The summed E-state index contributed by atoms with van der Waals surface area (Å²) in [5.74, 6) is 1.11. The van der Waals surface area contributed by atoms with Crippen LogP contribution in [-0.2, 0) is 16.6 Å². The van der Waals surface area contributed by atoms with Crippen molar-refractivity contribution >= 4 is 5.91 Å². The molecule has 0 N–H and O–H groups in total. The lowest BCUT2D eigenvalue weighted by Gasteiger charge is -2.33. The Morgan fingerprint density at radius 3 is 2.68 bits per heavy atom. The van der Waals surface area contributed by atoms with Gasteiger partial charge >= 0.3 is 0 Å². The number of hydrogen-bond donors (Lipinski definition) is 0. The van der Waals surface area contributed by atoms with Crippen molar-refractivity contribution in [1.82, 2.24) is 25.1 Å². The maximum absolute atomic E-state index is 12.6. The number of aryl methyl sites for hydroxylation is 1. The minimum Gasteiger partial charge on any atom is -0.484 e. The van der Waals surface area contributed by atoms with Gasteiger partial charge in [-0.1, -0.05) is 30.3 Å². The second kappa shape index (κ2) is 8.18. The highest BCUT2D eigenvalue weighted by Gasteiger charge is 2.25. The van der Waals surface area contributed by atoms with Crippen LogP contribution in [0, 0.1) is 0 Å². The van der Waals surface area contributed by atoms with E-state index < -0.39 is 0 Å². The van der Waals surface area contributed by atoms with Gasteiger partial charge in [-0.2, -0.15) is 4.80 Å². The van der Waals surface area contributed by atoms with E-state index in [1.807, 2.05) is 42.5 Å². The molecular weight excluding hydrogens is 358 g/mol. The molecule has 3 aromatic rings. The molecule has 8 nitrogen and oxygen atoms in total. The number of carbonyl (C=O) groups excluding carboxylic acids is 1. The summed E-state index contributed by atoms with van der Waals surface area (Å²) in [5.41, 5.74) is 1.92. The van der Waals surface area contributed by atoms with Gasteiger partial charge in [-0.05, 0) is 35.0 Å². The molecule has 0 bridgehead atoms. The van der Waals surface area contributed by atoms with Gasteiger partial charge in [0.2, 0.25) is 5.82 Å². The van der Waals surface area contributed by atoms with E-state index in [0.29, 0.717) is 31.3 Å². The lowest BCUT2D eigenvalue weighted by atomic mass is 10.1. The number of rotatable bonds is 5. The standard InChI is InChI=1S/C20H21N5O3/c1-24-22-20(21-23-24)16-7-9-17(10-8-16)28-14-19(26)25-11-12-27-18(13-25)15-5-3-2-4-6-15/h2-10,18H,11-14H2,1H3/t18-/m0/s1. The maximum atomic E-state index is 12.6. The minimum atomic E-state index is -0.0994. The van der Waals surface area contributed by atoms with Crippen LogP contribution in [0.1, 0.15) is 11.7 Å². The van der Waals surface area contributed by atoms with Crippen LogP contribution in [0.4, 0.5) is 0 Å². The third-order valence-electron chi connectivity index (χ3n) is 4.57. The summed E-state index contributed by atoms with van der Waals surface area (Å²) in [6.45, 7) is 1.61. The van der Waals surface area contributed by atoms with Gasteiger partial charge in [0.15, 0.2) is 6.61 Å². The SMILES string of the molecule is Cn1nnc(-c2ccc(OCC(=O)N3CCO[C@H](c4ccccc4)C3)cc2)n1.